The van der Waals surface area contributed by atoms with Gasteiger partial charge in [0.25, 0.3) is 0 Å². The molecule has 1 aromatic rings. The third kappa shape index (κ3) is 9.96. The van der Waals surface area contributed by atoms with Gasteiger partial charge in [-0.25, -0.2) is 14.0 Å². The van der Waals surface area contributed by atoms with E-state index in [1.807, 2.05) is 0 Å². The highest BCUT2D eigenvalue weighted by Gasteiger charge is 2.19. The Morgan fingerprint density at radius 2 is 1.59 bits per heavy atom. The van der Waals surface area contributed by atoms with Crippen LogP contribution in [0.4, 0.5) is 9.18 Å². The molecule has 7 heteroatoms. The molecule has 0 bridgehead atoms. The summed E-state index contributed by atoms with van der Waals surface area (Å²) in [4.78, 5) is 23.7. The van der Waals surface area contributed by atoms with E-state index in [9.17, 15) is 14.0 Å². The van der Waals surface area contributed by atoms with Crippen molar-refractivity contribution in [2.45, 2.75) is 59.7 Å². The minimum atomic E-state index is -0.597. The van der Waals surface area contributed by atoms with Crippen molar-refractivity contribution >= 4 is 12.1 Å². The molecule has 0 saturated carbocycles. The molecule has 0 heterocycles. The lowest BCUT2D eigenvalue weighted by atomic mass is 10.0. The zero-order valence-electron chi connectivity index (χ0n) is 18.3. The molecule has 1 rings (SSSR count). The second-order valence-corrected chi connectivity index (χ2v) is 8.78. The molecule has 0 aromatic heterocycles. The fourth-order valence-electron chi connectivity index (χ4n) is 2.15. The smallest absolute Gasteiger partial charge is 0.407 e. The highest BCUT2D eigenvalue weighted by Crippen LogP contribution is 2.18. The average molecular weight is 409 g/mol. The molecule has 1 unspecified atom stereocenters. The second-order valence-electron chi connectivity index (χ2n) is 8.78. The van der Waals surface area contributed by atoms with Crippen molar-refractivity contribution in [2.75, 3.05) is 13.2 Å². The van der Waals surface area contributed by atoms with Gasteiger partial charge in [-0.05, 0) is 71.4 Å². The standard InChI is InChI=1S/C22H32FNO5/c1-15(13-24-20(26)29-22(5,6)7)17(12-23)14-27-18-10-8-16(9-11-18)19(25)28-21(2,3)4/h8-12,15H,13-14H2,1-7H3,(H,24,26)/b17-12+. The first-order valence-electron chi connectivity index (χ1n) is 9.53. The summed E-state index contributed by atoms with van der Waals surface area (Å²) in [6.45, 7) is 12.7. The first kappa shape index (κ1) is 24.5. The minimum absolute atomic E-state index is 0.0133. The van der Waals surface area contributed by atoms with Gasteiger partial charge in [-0.2, -0.15) is 0 Å². The molecule has 6 nitrogen and oxygen atoms in total. The van der Waals surface area contributed by atoms with Crippen LogP contribution < -0.4 is 10.1 Å². The Bertz CT molecular complexity index is 714. The Kier molecular flexibility index (Phi) is 8.67. The third-order valence-corrected chi connectivity index (χ3v) is 3.62. The maximum atomic E-state index is 13.3. The van der Waals surface area contributed by atoms with Gasteiger partial charge in [-0.15, -0.1) is 0 Å². The molecule has 0 saturated heterocycles. The molecule has 29 heavy (non-hydrogen) atoms. The topological polar surface area (TPSA) is 73.9 Å². The minimum Gasteiger partial charge on any atom is -0.489 e. The van der Waals surface area contributed by atoms with Crippen molar-refractivity contribution in [1.29, 1.82) is 0 Å². The summed E-state index contributed by atoms with van der Waals surface area (Å²) in [6.07, 6.45) is -0.0718. The number of hydrogen-bond acceptors (Lipinski definition) is 5. The molecule has 1 N–H and O–H groups in total. The Morgan fingerprint density at radius 3 is 2.07 bits per heavy atom. The van der Waals surface area contributed by atoms with Crippen LogP contribution in [-0.2, 0) is 9.47 Å². The molecule has 1 atom stereocenters. The van der Waals surface area contributed by atoms with Crippen molar-refractivity contribution in [3.63, 3.8) is 0 Å². The lowest BCUT2D eigenvalue weighted by Gasteiger charge is -2.21. The maximum Gasteiger partial charge on any atom is 0.407 e. The van der Waals surface area contributed by atoms with Gasteiger partial charge in [0, 0.05) is 12.5 Å². The van der Waals surface area contributed by atoms with Gasteiger partial charge >= 0.3 is 12.1 Å². The second kappa shape index (κ2) is 10.3. The van der Waals surface area contributed by atoms with Crippen molar-refractivity contribution in [3.05, 3.63) is 41.7 Å². The van der Waals surface area contributed by atoms with Crippen LogP contribution in [0.15, 0.2) is 36.2 Å². The maximum absolute atomic E-state index is 13.3. The van der Waals surface area contributed by atoms with Crippen molar-refractivity contribution in [2.24, 2.45) is 5.92 Å². The number of carbonyl (C=O) groups is 2. The van der Waals surface area contributed by atoms with E-state index in [4.69, 9.17) is 14.2 Å². The molecule has 0 radical (unpaired) electrons. The van der Waals surface area contributed by atoms with Crippen molar-refractivity contribution in [3.8, 4) is 5.75 Å². The van der Waals surface area contributed by atoms with Crippen LogP contribution in [0.1, 0.15) is 58.8 Å². The molecular formula is C22H32FNO5. The third-order valence-electron chi connectivity index (χ3n) is 3.62. The molecule has 1 aromatic carbocycles. The zero-order chi connectivity index (χ0) is 22.2. The van der Waals surface area contributed by atoms with E-state index in [1.54, 1.807) is 72.7 Å². The van der Waals surface area contributed by atoms with Crippen LogP contribution in [0.2, 0.25) is 0 Å². The Morgan fingerprint density at radius 1 is 1.03 bits per heavy atom. The molecular weight excluding hydrogens is 377 g/mol. The van der Waals surface area contributed by atoms with Gasteiger partial charge in [0.05, 0.1) is 11.9 Å². The van der Waals surface area contributed by atoms with E-state index in [1.165, 1.54) is 0 Å². The molecule has 0 aliphatic rings. The van der Waals surface area contributed by atoms with Crippen LogP contribution >= 0.6 is 0 Å². The van der Waals surface area contributed by atoms with Gasteiger partial charge in [0.1, 0.15) is 23.6 Å². The molecule has 0 spiro atoms. The van der Waals surface area contributed by atoms with Gasteiger partial charge in [-0.1, -0.05) is 6.92 Å². The summed E-state index contributed by atoms with van der Waals surface area (Å²) in [7, 11) is 0. The number of benzene rings is 1. The van der Waals surface area contributed by atoms with E-state index in [-0.39, 0.29) is 19.1 Å². The highest BCUT2D eigenvalue weighted by molar-refractivity contribution is 5.89. The summed E-state index contributed by atoms with van der Waals surface area (Å²) < 4.78 is 29.3. The molecule has 0 aliphatic carbocycles. The van der Waals surface area contributed by atoms with Gasteiger partial charge in [0.15, 0.2) is 0 Å². The van der Waals surface area contributed by atoms with E-state index >= 15 is 0 Å². The summed E-state index contributed by atoms with van der Waals surface area (Å²) in [5, 5.41) is 2.61. The number of halogens is 1. The number of alkyl carbamates (subject to hydrolysis) is 1. The number of esters is 1. The van der Waals surface area contributed by atoms with Crippen molar-refractivity contribution < 1.29 is 28.2 Å². The number of ether oxygens (including phenoxy) is 3. The Labute approximate surface area is 172 Å². The molecule has 162 valence electrons. The lowest BCUT2D eigenvalue weighted by molar-refractivity contribution is 0.00692. The fraction of sp³-hybridized carbons (Fsp3) is 0.545. The normalized spacial score (nSPS) is 13.4. The number of nitrogens with one attached hydrogen (secondary N) is 1. The van der Waals surface area contributed by atoms with E-state index in [0.717, 1.165) is 0 Å². The number of rotatable bonds is 7. The van der Waals surface area contributed by atoms with E-state index in [2.05, 4.69) is 5.32 Å². The van der Waals surface area contributed by atoms with Crippen LogP contribution in [0.5, 0.6) is 5.75 Å². The largest absolute Gasteiger partial charge is 0.489 e. The predicted octanol–water partition coefficient (Wildman–Crippen LogP) is 5.03. The number of hydrogen-bond donors (Lipinski definition) is 1. The summed E-state index contributed by atoms with van der Waals surface area (Å²) in [5.41, 5.74) is -0.377. The van der Waals surface area contributed by atoms with E-state index in [0.29, 0.717) is 23.2 Å². The quantitative estimate of drug-likeness (QED) is 0.639. The first-order chi connectivity index (χ1) is 13.3. The van der Waals surface area contributed by atoms with Gasteiger partial charge < -0.3 is 19.5 Å². The first-order valence-corrected chi connectivity index (χ1v) is 9.53. The SMILES string of the molecule is CC(CNC(=O)OC(C)(C)C)/C(=C/F)COc1ccc(C(=O)OC(C)(C)C)cc1. The van der Waals surface area contributed by atoms with Crippen LogP contribution in [0.3, 0.4) is 0 Å². The monoisotopic (exact) mass is 409 g/mol. The summed E-state index contributed by atoms with van der Waals surface area (Å²) >= 11 is 0. The molecule has 0 aliphatic heterocycles. The molecule has 0 fully saturated rings. The fourth-order valence-corrected chi connectivity index (χ4v) is 2.15. The Hall–Kier alpha value is -2.57. The lowest BCUT2D eigenvalue weighted by Crippen LogP contribution is -2.35. The summed E-state index contributed by atoms with van der Waals surface area (Å²) in [5.74, 6) is -0.215. The number of carbonyl (C=O) groups excluding carboxylic acids is 2. The van der Waals surface area contributed by atoms with Crippen LogP contribution in [0, 0.1) is 5.92 Å². The van der Waals surface area contributed by atoms with Crippen LogP contribution in [-0.4, -0.2) is 36.4 Å². The Balaban J connectivity index is 2.55. The van der Waals surface area contributed by atoms with Gasteiger partial charge in [0.2, 0.25) is 0 Å². The highest BCUT2D eigenvalue weighted by atomic mass is 19.1. The zero-order valence-corrected chi connectivity index (χ0v) is 18.3. The predicted molar refractivity (Wildman–Crippen MR) is 110 cm³/mol. The van der Waals surface area contributed by atoms with Crippen LogP contribution in [0.25, 0.3) is 0 Å². The van der Waals surface area contributed by atoms with E-state index < -0.39 is 23.3 Å². The molecule has 1 amide bonds. The van der Waals surface area contributed by atoms with Crippen molar-refractivity contribution in [1.82, 2.24) is 5.32 Å². The average Bonchev–Trinajstić information content (AvgIpc) is 2.58. The van der Waals surface area contributed by atoms with Gasteiger partial charge in [-0.3, -0.25) is 0 Å². The summed E-state index contributed by atoms with van der Waals surface area (Å²) in [6, 6.07) is 6.43. The number of amides is 1.